The summed E-state index contributed by atoms with van der Waals surface area (Å²) >= 11 is 2.52. The second-order valence-electron chi connectivity index (χ2n) is 5.35. The first-order valence-corrected chi connectivity index (χ1v) is 9.60. The second-order valence-corrected chi connectivity index (χ2v) is 7.55. The normalized spacial score (nSPS) is 10.3. The van der Waals surface area contributed by atoms with Crippen LogP contribution in [0.3, 0.4) is 0 Å². The van der Waals surface area contributed by atoms with Crippen molar-refractivity contribution < 1.29 is 9.59 Å². The summed E-state index contributed by atoms with van der Waals surface area (Å²) in [6.45, 7) is 1.94. The molecule has 8 heteroatoms. The number of hydrogen-bond acceptors (Lipinski definition) is 6. The maximum atomic E-state index is 12.1. The highest BCUT2D eigenvalue weighted by Crippen LogP contribution is 2.26. The highest BCUT2D eigenvalue weighted by atomic mass is 32.2. The Balaban J connectivity index is 1.51. The molecule has 1 heterocycles. The number of nitrogens with zero attached hydrogens (tertiary/aromatic N) is 2. The van der Waals surface area contributed by atoms with Crippen LogP contribution in [0.15, 0.2) is 58.9 Å². The van der Waals surface area contributed by atoms with Crippen LogP contribution in [0, 0.1) is 6.92 Å². The molecule has 0 aliphatic carbocycles. The van der Waals surface area contributed by atoms with Crippen LogP contribution >= 0.6 is 23.1 Å². The molecule has 1 aromatic heterocycles. The van der Waals surface area contributed by atoms with Crippen LogP contribution in [0.25, 0.3) is 0 Å². The lowest BCUT2D eigenvalue weighted by Gasteiger charge is -2.06. The van der Waals surface area contributed by atoms with Crippen molar-refractivity contribution in [1.29, 1.82) is 0 Å². The van der Waals surface area contributed by atoms with Gasteiger partial charge in [-0.25, -0.2) is 0 Å². The fourth-order valence-electron chi connectivity index (χ4n) is 2.10. The Labute approximate surface area is 159 Å². The molecule has 3 rings (SSSR count). The molecule has 0 spiro atoms. The van der Waals surface area contributed by atoms with E-state index >= 15 is 0 Å². The average Bonchev–Trinajstić information content (AvgIpc) is 3.10. The van der Waals surface area contributed by atoms with Crippen LogP contribution in [0.1, 0.15) is 15.9 Å². The predicted molar refractivity (Wildman–Crippen MR) is 105 cm³/mol. The smallest absolute Gasteiger partial charge is 0.257 e. The molecule has 0 atom stereocenters. The van der Waals surface area contributed by atoms with Crippen molar-refractivity contribution in [3.63, 3.8) is 0 Å². The molecule has 132 valence electrons. The first-order valence-electron chi connectivity index (χ1n) is 7.80. The van der Waals surface area contributed by atoms with Gasteiger partial charge in [-0.1, -0.05) is 59.5 Å². The van der Waals surface area contributed by atoms with Gasteiger partial charge in [0.1, 0.15) is 0 Å². The third-order valence-corrected chi connectivity index (χ3v) is 5.38. The average molecular weight is 384 g/mol. The van der Waals surface area contributed by atoms with E-state index < -0.39 is 0 Å². The third kappa shape index (κ3) is 4.90. The number of rotatable bonds is 6. The van der Waals surface area contributed by atoms with Gasteiger partial charge in [-0.15, -0.1) is 10.2 Å². The van der Waals surface area contributed by atoms with E-state index in [1.54, 1.807) is 24.3 Å². The van der Waals surface area contributed by atoms with Gasteiger partial charge in [0.25, 0.3) is 5.91 Å². The molecular formula is C18H16N4O2S2. The number of carbonyl (C=O) groups is 2. The molecule has 0 fully saturated rings. The summed E-state index contributed by atoms with van der Waals surface area (Å²) in [7, 11) is 0. The zero-order chi connectivity index (χ0) is 18.4. The van der Waals surface area contributed by atoms with Crippen molar-refractivity contribution in [2.75, 3.05) is 16.4 Å². The Kier molecular flexibility index (Phi) is 5.98. The highest BCUT2D eigenvalue weighted by Gasteiger charge is 2.12. The van der Waals surface area contributed by atoms with E-state index in [9.17, 15) is 9.59 Å². The van der Waals surface area contributed by atoms with Gasteiger partial charge in [-0.3, -0.25) is 14.9 Å². The van der Waals surface area contributed by atoms with Gasteiger partial charge >= 0.3 is 0 Å². The van der Waals surface area contributed by atoms with Crippen molar-refractivity contribution in [2.24, 2.45) is 0 Å². The van der Waals surface area contributed by atoms with E-state index in [0.29, 0.717) is 15.0 Å². The van der Waals surface area contributed by atoms with Crippen molar-refractivity contribution in [3.05, 3.63) is 65.7 Å². The molecule has 0 aliphatic heterocycles. The molecule has 0 radical (unpaired) electrons. The summed E-state index contributed by atoms with van der Waals surface area (Å²) in [4.78, 5) is 24.1. The summed E-state index contributed by atoms with van der Waals surface area (Å²) in [5.74, 6) is -0.139. The van der Waals surface area contributed by atoms with E-state index in [4.69, 9.17) is 0 Å². The molecule has 2 N–H and O–H groups in total. The number of amides is 2. The summed E-state index contributed by atoms with van der Waals surface area (Å²) in [6.07, 6.45) is 0. The van der Waals surface area contributed by atoms with Gasteiger partial charge in [0, 0.05) is 11.3 Å². The van der Waals surface area contributed by atoms with E-state index in [1.165, 1.54) is 23.1 Å². The number of para-hydroxylation sites is 1. The second kappa shape index (κ2) is 8.59. The fourth-order valence-corrected chi connectivity index (χ4v) is 3.65. The summed E-state index contributed by atoms with van der Waals surface area (Å²) in [5.41, 5.74) is 2.35. The van der Waals surface area contributed by atoms with Crippen molar-refractivity contribution in [2.45, 2.75) is 11.3 Å². The molecule has 2 amide bonds. The Morgan fingerprint density at radius 1 is 1.00 bits per heavy atom. The lowest BCUT2D eigenvalue weighted by Crippen LogP contribution is -2.14. The number of aromatic nitrogens is 2. The number of nitrogens with one attached hydrogen (secondary N) is 2. The first kappa shape index (κ1) is 18.1. The number of anilines is 2. The van der Waals surface area contributed by atoms with Crippen LogP contribution in [0.5, 0.6) is 0 Å². The van der Waals surface area contributed by atoms with Gasteiger partial charge in [0.2, 0.25) is 11.0 Å². The van der Waals surface area contributed by atoms with Gasteiger partial charge in [0.05, 0.1) is 5.75 Å². The van der Waals surface area contributed by atoms with Crippen LogP contribution in [0.2, 0.25) is 0 Å². The fraction of sp³-hybridized carbons (Fsp3) is 0.111. The molecule has 6 nitrogen and oxygen atoms in total. The number of thioether (sulfide) groups is 1. The minimum Gasteiger partial charge on any atom is -0.325 e. The highest BCUT2D eigenvalue weighted by molar-refractivity contribution is 8.01. The largest absolute Gasteiger partial charge is 0.325 e. The van der Waals surface area contributed by atoms with Gasteiger partial charge < -0.3 is 5.32 Å². The van der Waals surface area contributed by atoms with Crippen LogP contribution in [-0.4, -0.2) is 27.8 Å². The summed E-state index contributed by atoms with van der Waals surface area (Å²) in [5, 5.41) is 13.9. The molecule has 0 saturated carbocycles. The Morgan fingerprint density at radius 3 is 2.50 bits per heavy atom. The monoisotopic (exact) mass is 384 g/mol. The Hall–Kier alpha value is -2.71. The van der Waals surface area contributed by atoms with Gasteiger partial charge in [-0.05, 0) is 30.7 Å². The number of hydrogen-bond donors (Lipinski definition) is 2. The summed E-state index contributed by atoms with van der Waals surface area (Å²) in [6, 6.07) is 16.5. The third-order valence-electron chi connectivity index (χ3n) is 3.41. The molecule has 0 saturated heterocycles. The van der Waals surface area contributed by atoms with E-state index in [1.807, 2.05) is 37.3 Å². The Bertz CT molecular complexity index is 912. The zero-order valence-corrected chi connectivity index (χ0v) is 15.6. The van der Waals surface area contributed by atoms with Crippen LogP contribution < -0.4 is 10.6 Å². The van der Waals surface area contributed by atoms with Gasteiger partial charge in [0.15, 0.2) is 4.34 Å². The molecule has 0 unspecified atom stereocenters. The topological polar surface area (TPSA) is 84.0 Å². The summed E-state index contributed by atoms with van der Waals surface area (Å²) < 4.78 is 0.619. The number of benzene rings is 2. The van der Waals surface area contributed by atoms with Crippen LogP contribution in [0.4, 0.5) is 10.8 Å². The Morgan fingerprint density at radius 2 is 1.73 bits per heavy atom. The van der Waals surface area contributed by atoms with E-state index in [2.05, 4.69) is 20.8 Å². The molecule has 0 bridgehead atoms. The van der Waals surface area contributed by atoms with Crippen molar-refractivity contribution in [3.8, 4) is 0 Å². The van der Waals surface area contributed by atoms with E-state index in [-0.39, 0.29) is 17.6 Å². The molecule has 3 aromatic rings. The predicted octanol–water partition coefficient (Wildman–Crippen LogP) is 3.83. The quantitative estimate of drug-likeness (QED) is 0.498. The minimum atomic E-state index is -0.240. The SMILES string of the molecule is Cc1ccccc1NC(=O)CSc1nnc(NC(=O)c2ccccc2)s1. The van der Waals surface area contributed by atoms with E-state index in [0.717, 1.165) is 11.3 Å². The maximum Gasteiger partial charge on any atom is 0.257 e. The lowest BCUT2D eigenvalue weighted by molar-refractivity contribution is -0.113. The standard InChI is InChI=1S/C18H16N4O2S2/c1-12-7-5-6-10-14(12)19-15(23)11-25-18-22-21-17(26-18)20-16(24)13-8-3-2-4-9-13/h2-10H,11H2,1H3,(H,19,23)(H,20,21,24). The molecule has 2 aromatic carbocycles. The number of carbonyl (C=O) groups excluding carboxylic acids is 2. The molecular weight excluding hydrogens is 368 g/mol. The lowest BCUT2D eigenvalue weighted by atomic mass is 10.2. The molecule has 26 heavy (non-hydrogen) atoms. The van der Waals surface area contributed by atoms with Crippen LogP contribution in [-0.2, 0) is 4.79 Å². The minimum absolute atomic E-state index is 0.116. The van der Waals surface area contributed by atoms with Crippen molar-refractivity contribution >= 4 is 45.7 Å². The van der Waals surface area contributed by atoms with Gasteiger partial charge in [-0.2, -0.15) is 0 Å². The number of aryl methyl sites for hydroxylation is 1. The molecule has 0 aliphatic rings. The maximum absolute atomic E-state index is 12.1. The van der Waals surface area contributed by atoms with Crippen molar-refractivity contribution in [1.82, 2.24) is 10.2 Å². The zero-order valence-electron chi connectivity index (χ0n) is 13.9. The first-order chi connectivity index (χ1) is 12.6.